The Labute approximate surface area is 167 Å². The van der Waals surface area contributed by atoms with E-state index in [1.807, 2.05) is 5.32 Å². The topological polar surface area (TPSA) is 128 Å². The highest BCUT2D eigenvalue weighted by molar-refractivity contribution is 5.97. The minimum absolute atomic E-state index is 0.367. The number of carbonyl (C=O) groups is 3. The summed E-state index contributed by atoms with van der Waals surface area (Å²) in [5, 5.41) is 15.0. The smallest absolute Gasteiger partial charge is 0.345 e. The number of carbonyl (C=O) groups excluding carboxylic acids is 3. The van der Waals surface area contributed by atoms with Gasteiger partial charge in [-0.2, -0.15) is 0 Å². The van der Waals surface area contributed by atoms with E-state index in [9.17, 15) is 37.7 Å². The van der Waals surface area contributed by atoms with Crippen molar-refractivity contribution in [3.63, 3.8) is 0 Å². The van der Waals surface area contributed by atoms with E-state index in [1.54, 1.807) is 0 Å². The van der Waals surface area contributed by atoms with E-state index in [-0.39, 0.29) is 5.56 Å². The van der Waals surface area contributed by atoms with Gasteiger partial charge in [0, 0.05) is 6.07 Å². The summed E-state index contributed by atoms with van der Waals surface area (Å²) in [4.78, 5) is 45.9. The van der Waals surface area contributed by atoms with Gasteiger partial charge in [0.25, 0.3) is 11.6 Å². The van der Waals surface area contributed by atoms with Crippen LogP contribution < -0.4 is 10.6 Å². The summed E-state index contributed by atoms with van der Waals surface area (Å²) in [6.45, 7) is 0.458. The summed E-state index contributed by atoms with van der Waals surface area (Å²) in [5.41, 5.74) is -1.51. The van der Waals surface area contributed by atoms with E-state index in [0.717, 1.165) is 25.1 Å². The fourth-order valence-electron chi connectivity index (χ4n) is 2.21. The maximum Gasteiger partial charge on any atom is 0.345 e. The number of rotatable bonds is 7. The molecule has 0 bridgehead atoms. The Kier molecular flexibility index (Phi) is 7.07. The number of anilines is 1. The molecule has 0 aliphatic rings. The molecule has 12 heteroatoms. The zero-order chi connectivity index (χ0) is 22.4. The quantitative estimate of drug-likeness (QED) is 0.303. The van der Waals surface area contributed by atoms with Crippen LogP contribution in [0.25, 0.3) is 0 Å². The fraction of sp³-hybridized carbons (Fsp3) is 0.167. The van der Waals surface area contributed by atoms with Crippen LogP contribution in [-0.2, 0) is 14.3 Å². The number of ether oxygens (including phenoxy) is 1. The van der Waals surface area contributed by atoms with Gasteiger partial charge in [0.2, 0.25) is 5.91 Å². The van der Waals surface area contributed by atoms with E-state index in [0.29, 0.717) is 6.07 Å². The van der Waals surface area contributed by atoms with Crippen LogP contribution in [0.5, 0.6) is 0 Å². The van der Waals surface area contributed by atoms with Gasteiger partial charge in [0.15, 0.2) is 23.6 Å². The molecule has 2 N–H and O–H groups in total. The van der Waals surface area contributed by atoms with Gasteiger partial charge in [-0.05, 0) is 25.1 Å². The lowest BCUT2D eigenvalue weighted by Crippen LogP contribution is -2.40. The number of benzene rings is 2. The van der Waals surface area contributed by atoms with Crippen molar-refractivity contribution >= 4 is 29.2 Å². The maximum absolute atomic E-state index is 13.5. The molecule has 1 unspecified atom stereocenters. The highest BCUT2D eigenvalue weighted by Crippen LogP contribution is 2.20. The molecule has 0 spiro atoms. The lowest BCUT2D eigenvalue weighted by Gasteiger charge is -2.14. The maximum atomic E-state index is 13.5. The van der Waals surface area contributed by atoms with E-state index in [2.05, 4.69) is 5.32 Å². The molecule has 2 amide bonds. The van der Waals surface area contributed by atoms with Crippen molar-refractivity contribution in [3.05, 3.63) is 69.5 Å². The van der Waals surface area contributed by atoms with Gasteiger partial charge in [0.1, 0.15) is 5.56 Å². The fourth-order valence-corrected chi connectivity index (χ4v) is 2.21. The highest BCUT2D eigenvalue weighted by Gasteiger charge is 2.25. The second-order valence-electron chi connectivity index (χ2n) is 5.81. The summed E-state index contributed by atoms with van der Waals surface area (Å²) in [7, 11) is 0. The van der Waals surface area contributed by atoms with E-state index in [4.69, 9.17) is 4.74 Å². The minimum atomic E-state index is -1.77. The Balaban J connectivity index is 1.92. The standard InChI is InChI=1S/C18H14F3N3O6/c1-9(30-18(27)10-4-2-3-5-13(10)24(28)29)17(26)22-8-14(25)23-12-7-6-11(19)15(20)16(12)21/h2-7,9H,8H2,1H3,(H,22,26)(H,23,25). The average molecular weight is 425 g/mol. The van der Waals surface area contributed by atoms with Gasteiger partial charge < -0.3 is 15.4 Å². The van der Waals surface area contributed by atoms with Crippen molar-refractivity contribution in [2.24, 2.45) is 0 Å². The number of hydrogen-bond donors (Lipinski definition) is 2. The van der Waals surface area contributed by atoms with Gasteiger partial charge in [-0.3, -0.25) is 19.7 Å². The molecule has 0 aromatic heterocycles. The average Bonchev–Trinajstić information content (AvgIpc) is 2.72. The van der Waals surface area contributed by atoms with Crippen LogP contribution in [0.2, 0.25) is 0 Å². The predicted molar refractivity (Wildman–Crippen MR) is 95.9 cm³/mol. The third-order valence-electron chi connectivity index (χ3n) is 3.71. The van der Waals surface area contributed by atoms with Gasteiger partial charge in [-0.1, -0.05) is 12.1 Å². The van der Waals surface area contributed by atoms with Crippen molar-refractivity contribution < 1.29 is 37.2 Å². The second-order valence-corrected chi connectivity index (χ2v) is 5.81. The van der Waals surface area contributed by atoms with Crippen LogP contribution in [-0.4, -0.2) is 35.4 Å². The summed E-state index contributed by atoms with van der Waals surface area (Å²) in [6.07, 6.45) is -1.43. The Morgan fingerprint density at radius 2 is 1.77 bits per heavy atom. The van der Waals surface area contributed by atoms with Crippen LogP contribution in [0.4, 0.5) is 24.5 Å². The molecule has 0 fully saturated rings. The monoisotopic (exact) mass is 425 g/mol. The third-order valence-corrected chi connectivity index (χ3v) is 3.71. The third kappa shape index (κ3) is 5.31. The summed E-state index contributed by atoms with van der Waals surface area (Å²) < 4.78 is 44.4. The molecular formula is C18H14F3N3O6. The molecule has 2 rings (SSSR count). The van der Waals surface area contributed by atoms with Gasteiger partial charge in [0.05, 0.1) is 17.2 Å². The Morgan fingerprint density at radius 1 is 1.10 bits per heavy atom. The van der Waals surface area contributed by atoms with Crippen molar-refractivity contribution in [1.82, 2.24) is 5.32 Å². The van der Waals surface area contributed by atoms with Crippen LogP contribution in [0.15, 0.2) is 36.4 Å². The molecule has 0 heterocycles. The number of nitrogens with zero attached hydrogens (tertiary/aromatic N) is 1. The second kappa shape index (κ2) is 9.49. The first-order valence-corrected chi connectivity index (χ1v) is 8.27. The van der Waals surface area contributed by atoms with E-state index < -0.39 is 64.2 Å². The molecular weight excluding hydrogens is 411 g/mol. The lowest BCUT2D eigenvalue weighted by atomic mass is 10.2. The molecule has 0 saturated heterocycles. The van der Waals surface area contributed by atoms with Gasteiger partial charge >= 0.3 is 5.97 Å². The molecule has 0 aliphatic heterocycles. The van der Waals surface area contributed by atoms with Crippen LogP contribution in [0.3, 0.4) is 0 Å². The van der Waals surface area contributed by atoms with Crippen LogP contribution in [0, 0.1) is 27.6 Å². The number of nitrogens with one attached hydrogen (secondary N) is 2. The van der Waals surface area contributed by atoms with E-state index >= 15 is 0 Å². The Bertz CT molecular complexity index is 1010. The zero-order valence-corrected chi connectivity index (χ0v) is 15.3. The summed E-state index contributed by atoms with van der Waals surface area (Å²) >= 11 is 0. The zero-order valence-electron chi connectivity index (χ0n) is 15.3. The SMILES string of the molecule is CC(OC(=O)c1ccccc1[N+](=O)[O-])C(=O)NCC(=O)Nc1ccc(F)c(F)c1F. The predicted octanol–water partition coefficient (Wildman–Crippen LogP) is 2.31. The number of halogens is 3. The largest absolute Gasteiger partial charge is 0.449 e. The van der Waals surface area contributed by atoms with Gasteiger partial charge in [-0.15, -0.1) is 0 Å². The molecule has 9 nitrogen and oxygen atoms in total. The molecule has 0 saturated carbocycles. The Morgan fingerprint density at radius 3 is 2.43 bits per heavy atom. The minimum Gasteiger partial charge on any atom is -0.449 e. The molecule has 158 valence electrons. The molecule has 2 aromatic rings. The van der Waals surface area contributed by atoms with E-state index in [1.165, 1.54) is 12.1 Å². The molecule has 30 heavy (non-hydrogen) atoms. The number of para-hydroxylation sites is 1. The van der Waals surface area contributed by atoms with Crippen molar-refractivity contribution in [3.8, 4) is 0 Å². The molecule has 2 aromatic carbocycles. The van der Waals surface area contributed by atoms with Crippen LogP contribution >= 0.6 is 0 Å². The Hall–Kier alpha value is -3.96. The molecule has 0 aliphatic carbocycles. The number of esters is 1. The normalized spacial score (nSPS) is 11.3. The summed E-state index contributed by atoms with van der Waals surface area (Å²) in [5.74, 6) is -7.84. The van der Waals surface area contributed by atoms with Crippen molar-refractivity contribution in [2.75, 3.05) is 11.9 Å². The first-order chi connectivity index (χ1) is 14.1. The number of hydrogen-bond acceptors (Lipinski definition) is 6. The number of nitro benzene ring substituents is 1. The highest BCUT2D eigenvalue weighted by atomic mass is 19.2. The lowest BCUT2D eigenvalue weighted by molar-refractivity contribution is -0.385. The van der Waals surface area contributed by atoms with Gasteiger partial charge in [-0.25, -0.2) is 18.0 Å². The first kappa shape index (κ1) is 22.3. The molecule has 0 radical (unpaired) electrons. The van der Waals surface area contributed by atoms with Crippen molar-refractivity contribution in [2.45, 2.75) is 13.0 Å². The first-order valence-electron chi connectivity index (χ1n) is 8.27. The summed E-state index contributed by atoms with van der Waals surface area (Å²) in [6, 6.07) is 6.36. The number of nitro groups is 1. The molecule has 1 atom stereocenters. The van der Waals surface area contributed by atoms with Crippen molar-refractivity contribution in [1.29, 1.82) is 0 Å². The van der Waals surface area contributed by atoms with Crippen LogP contribution in [0.1, 0.15) is 17.3 Å². The number of amides is 2.